The van der Waals surface area contributed by atoms with Crippen molar-refractivity contribution in [2.24, 2.45) is 11.8 Å². The second-order valence-electron chi connectivity index (χ2n) is 3.29. The van der Waals surface area contributed by atoms with E-state index in [0.717, 1.165) is 6.42 Å². The van der Waals surface area contributed by atoms with E-state index < -0.39 is 0 Å². The van der Waals surface area contributed by atoms with Crippen LogP contribution in [0.3, 0.4) is 0 Å². The van der Waals surface area contributed by atoms with E-state index in [2.05, 4.69) is 0 Å². The molecule has 0 aliphatic heterocycles. The van der Waals surface area contributed by atoms with Crippen LogP contribution in [-0.2, 0) is 9.53 Å². The lowest BCUT2D eigenvalue weighted by Gasteiger charge is -2.08. The number of carbonyl (C=O) groups excluding carboxylic acids is 1. The van der Waals surface area contributed by atoms with Gasteiger partial charge in [-0.1, -0.05) is 13.8 Å². The van der Waals surface area contributed by atoms with Gasteiger partial charge in [-0.3, -0.25) is 4.79 Å². The molecule has 1 saturated carbocycles. The summed E-state index contributed by atoms with van der Waals surface area (Å²) in [5.41, 5.74) is 0. The maximum atomic E-state index is 11.2. The summed E-state index contributed by atoms with van der Waals surface area (Å²) in [6.07, 6.45) is 3.34. The predicted molar refractivity (Wildman–Crippen MR) is 43.1 cm³/mol. The first-order valence-corrected chi connectivity index (χ1v) is 4.42. The number of carbonyl (C=O) groups is 1. The van der Waals surface area contributed by atoms with E-state index in [4.69, 9.17) is 4.74 Å². The molecule has 0 aromatic heterocycles. The van der Waals surface area contributed by atoms with E-state index in [1.807, 2.05) is 13.8 Å². The number of rotatable bonds is 4. The minimum Gasteiger partial charge on any atom is -0.465 e. The Morgan fingerprint density at radius 3 is 2.73 bits per heavy atom. The molecule has 1 aliphatic carbocycles. The zero-order chi connectivity index (χ0) is 8.27. The molecule has 2 nitrogen and oxygen atoms in total. The second kappa shape index (κ2) is 3.74. The van der Waals surface area contributed by atoms with Crippen LogP contribution in [0.15, 0.2) is 0 Å². The van der Waals surface area contributed by atoms with Crippen LogP contribution in [0.25, 0.3) is 0 Å². The van der Waals surface area contributed by atoms with Crippen molar-refractivity contribution < 1.29 is 9.53 Å². The van der Waals surface area contributed by atoms with E-state index in [1.54, 1.807) is 0 Å². The Bertz CT molecular complexity index is 138. The van der Waals surface area contributed by atoms with Gasteiger partial charge in [0.05, 0.1) is 12.5 Å². The second-order valence-corrected chi connectivity index (χ2v) is 3.29. The van der Waals surface area contributed by atoms with Gasteiger partial charge in [0.1, 0.15) is 0 Å². The minimum absolute atomic E-state index is 0.00523. The smallest absolute Gasteiger partial charge is 0.308 e. The molecule has 0 radical (unpaired) electrons. The van der Waals surface area contributed by atoms with Crippen molar-refractivity contribution in [2.75, 3.05) is 6.61 Å². The Balaban J connectivity index is 2.16. The van der Waals surface area contributed by atoms with Gasteiger partial charge in [0.2, 0.25) is 0 Å². The third-order valence-corrected chi connectivity index (χ3v) is 2.15. The SMILES string of the molecule is CCCOC(=O)C(C)C1CC1. The van der Waals surface area contributed by atoms with Crippen LogP contribution in [-0.4, -0.2) is 12.6 Å². The van der Waals surface area contributed by atoms with Crippen LogP contribution in [0, 0.1) is 11.8 Å². The fraction of sp³-hybridized carbons (Fsp3) is 0.889. The number of hydrogen-bond donors (Lipinski definition) is 0. The molecule has 1 atom stereocenters. The molecule has 1 rings (SSSR count). The number of hydrogen-bond acceptors (Lipinski definition) is 2. The van der Waals surface area contributed by atoms with Crippen molar-refractivity contribution in [1.82, 2.24) is 0 Å². The summed E-state index contributed by atoms with van der Waals surface area (Å²) in [6, 6.07) is 0. The van der Waals surface area contributed by atoms with Crippen LogP contribution in [0.2, 0.25) is 0 Å². The number of esters is 1. The Morgan fingerprint density at radius 1 is 1.64 bits per heavy atom. The van der Waals surface area contributed by atoms with Gasteiger partial charge in [-0.15, -0.1) is 0 Å². The molecule has 0 spiro atoms. The molecule has 0 bridgehead atoms. The summed E-state index contributed by atoms with van der Waals surface area (Å²) >= 11 is 0. The zero-order valence-corrected chi connectivity index (χ0v) is 7.30. The van der Waals surface area contributed by atoms with Crippen LogP contribution < -0.4 is 0 Å². The monoisotopic (exact) mass is 156 g/mol. The quantitative estimate of drug-likeness (QED) is 0.582. The van der Waals surface area contributed by atoms with Gasteiger partial charge in [-0.05, 0) is 25.2 Å². The topological polar surface area (TPSA) is 26.3 Å². The van der Waals surface area contributed by atoms with Crippen LogP contribution in [0.5, 0.6) is 0 Å². The first-order valence-electron chi connectivity index (χ1n) is 4.42. The van der Waals surface area contributed by atoms with Crippen molar-refractivity contribution in [1.29, 1.82) is 0 Å². The van der Waals surface area contributed by atoms with Crippen molar-refractivity contribution in [3.63, 3.8) is 0 Å². The highest BCUT2D eigenvalue weighted by Gasteiger charge is 2.33. The van der Waals surface area contributed by atoms with Gasteiger partial charge in [-0.25, -0.2) is 0 Å². The third kappa shape index (κ3) is 2.52. The lowest BCUT2D eigenvalue weighted by atomic mass is 10.1. The van der Waals surface area contributed by atoms with E-state index >= 15 is 0 Å². The molecule has 1 fully saturated rings. The highest BCUT2D eigenvalue weighted by molar-refractivity contribution is 5.72. The summed E-state index contributed by atoms with van der Waals surface area (Å²) in [4.78, 5) is 11.2. The molecular formula is C9H16O2. The Labute approximate surface area is 67.9 Å². The van der Waals surface area contributed by atoms with Crippen molar-refractivity contribution >= 4 is 5.97 Å². The molecule has 0 amide bonds. The van der Waals surface area contributed by atoms with Gasteiger partial charge < -0.3 is 4.74 Å². The Kier molecular flexibility index (Phi) is 2.92. The molecule has 1 aliphatic rings. The summed E-state index contributed by atoms with van der Waals surface area (Å²) < 4.78 is 5.02. The molecule has 0 heterocycles. The normalized spacial score (nSPS) is 19.5. The first kappa shape index (κ1) is 8.57. The molecular weight excluding hydrogens is 140 g/mol. The highest BCUT2D eigenvalue weighted by atomic mass is 16.5. The summed E-state index contributed by atoms with van der Waals surface area (Å²) in [7, 11) is 0. The maximum Gasteiger partial charge on any atom is 0.308 e. The molecule has 11 heavy (non-hydrogen) atoms. The lowest BCUT2D eigenvalue weighted by molar-refractivity contribution is -0.148. The fourth-order valence-corrected chi connectivity index (χ4v) is 1.12. The molecule has 0 aromatic rings. The Hall–Kier alpha value is -0.530. The number of ether oxygens (including phenoxy) is 1. The Morgan fingerprint density at radius 2 is 2.27 bits per heavy atom. The van der Waals surface area contributed by atoms with E-state index in [-0.39, 0.29) is 11.9 Å². The first-order chi connectivity index (χ1) is 5.25. The van der Waals surface area contributed by atoms with Gasteiger partial charge in [-0.2, -0.15) is 0 Å². The van der Waals surface area contributed by atoms with Gasteiger partial charge in [0, 0.05) is 0 Å². The van der Waals surface area contributed by atoms with Gasteiger partial charge in [0.25, 0.3) is 0 Å². The van der Waals surface area contributed by atoms with Crippen molar-refractivity contribution in [3.8, 4) is 0 Å². The largest absolute Gasteiger partial charge is 0.465 e. The summed E-state index contributed by atoms with van der Waals surface area (Å²) in [5, 5.41) is 0. The van der Waals surface area contributed by atoms with Gasteiger partial charge >= 0.3 is 5.97 Å². The van der Waals surface area contributed by atoms with Crippen molar-refractivity contribution in [3.05, 3.63) is 0 Å². The molecule has 0 saturated heterocycles. The average molecular weight is 156 g/mol. The van der Waals surface area contributed by atoms with Crippen LogP contribution in [0.4, 0.5) is 0 Å². The molecule has 2 heteroatoms. The molecule has 1 unspecified atom stereocenters. The lowest BCUT2D eigenvalue weighted by Crippen LogP contribution is -2.16. The van der Waals surface area contributed by atoms with E-state index in [1.165, 1.54) is 12.8 Å². The predicted octanol–water partition coefficient (Wildman–Crippen LogP) is 1.99. The zero-order valence-electron chi connectivity index (χ0n) is 7.30. The highest BCUT2D eigenvalue weighted by Crippen LogP contribution is 2.36. The standard InChI is InChI=1S/C9H16O2/c1-3-6-11-9(10)7(2)8-4-5-8/h7-8H,3-6H2,1-2H3. The summed E-state index contributed by atoms with van der Waals surface area (Å²) in [6.45, 7) is 4.56. The van der Waals surface area contributed by atoms with Gasteiger partial charge in [0.15, 0.2) is 0 Å². The van der Waals surface area contributed by atoms with Crippen molar-refractivity contribution in [2.45, 2.75) is 33.1 Å². The van der Waals surface area contributed by atoms with E-state index in [0.29, 0.717) is 12.5 Å². The minimum atomic E-state index is -0.00523. The average Bonchev–Trinajstić information content (AvgIpc) is 2.81. The molecule has 0 aromatic carbocycles. The summed E-state index contributed by atoms with van der Waals surface area (Å²) in [5.74, 6) is 0.759. The molecule has 64 valence electrons. The molecule has 0 N–H and O–H groups in total. The maximum absolute atomic E-state index is 11.2. The third-order valence-electron chi connectivity index (χ3n) is 2.15. The van der Waals surface area contributed by atoms with Crippen LogP contribution in [0.1, 0.15) is 33.1 Å². The fourth-order valence-electron chi connectivity index (χ4n) is 1.12. The van der Waals surface area contributed by atoms with E-state index in [9.17, 15) is 4.79 Å². The van der Waals surface area contributed by atoms with Crippen LogP contribution >= 0.6 is 0 Å².